The fraction of sp³-hybridized carbons (Fsp3) is 0.250. The van der Waals surface area contributed by atoms with Crippen molar-refractivity contribution in [3.05, 3.63) is 64.1 Å². The van der Waals surface area contributed by atoms with Gasteiger partial charge in [0.05, 0.1) is 26.8 Å². The summed E-state index contributed by atoms with van der Waals surface area (Å²) in [4.78, 5) is 30.9. The molecule has 0 radical (unpaired) electrons. The van der Waals surface area contributed by atoms with Crippen molar-refractivity contribution in [2.24, 2.45) is 0 Å². The normalized spacial score (nSPS) is 12.0. The summed E-state index contributed by atoms with van der Waals surface area (Å²) in [7, 11) is 1.76. The Bertz CT molecular complexity index is 940. The van der Waals surface area contributed by atoms with Gasteiger partial charge in [0.1, 0.15) is 5.01 Å². The summed E-state index contributed by atoms with van der Waals surface area (Å²) in [6.45, 7) is 2.21. The Hall–Kier alpha value is -2.44. The van der Waals surface area contributed by atoms with Crippen LogP contribution in [0.3, 0.4) is 0 Å². The molecule has 1 N–H and O–H groups in total. The van der Waals surface area contributed by atoms with E-state index >= 15 is 0 Å². The maximum Gasteiger partial charge on any atom is 0.252 e. The summed E-state index contributed by atoms with van der Waals surface area (Å²) in [6.07, 6.45) is 0.210. The van der Waals surface area contributed by atoms with E-state index in [1.807, 2.05) is 31.2 Å². The van der Waals surface area contributed by atoms with E-state index in [1.165, 1.54) is 0 Å². The van der Waals surface area contributed by atoms with Crippen LogP contribution in [0.1, 0.15) is 34.8 Å². The molecule has 1 unspecified atom stereocenters. The number of benzene rings is 2. The summed E-state index contributed by atoms with van der Waals surface area (Å²) in [5.74, 6) is -0.337. The molecular weight excluding hydrogens is 382 g/mol. The third-order valence-corrected chi connectivity index (χ3v) is 5.92. The van der Waals surface area contributed by atoms with Crippen LogP contribution in [-0.2, 0) is 4.79 Å². The quantitative estimate of drug-likeness (QED) is 0.670. The van der Waals surface area contributed by atoms with Gasteiger partial charge in [-0.3, -0.25) is 9.59 Å². The van der Waals surface area contributed by atoms with Gasteiger partial charge in [0.2, 0.25) is 5.91 Å². The molecule has 3 aromatic rings. The number of carbonyl (C=O) groups excluding carboxylic acids is 2. The average Bonchev–Trinajstić information content (AvgIpc) is 3.11. The van der Waals surface area contributed by atoms with Crippen LogP contribution in [0.2, 0.25) is 5.02 Å². The molecule has 7 heteroatoms. The molecule has 5 nitrogen and oxygen atoms in total. The third-order valence-electron chi connectivity index (χ3n) is 4.39. The lowest BCUT2D eigenvalue weighted by molar-refractivity contribution is -0.131. The predicted molar refractivity (Wildman–Crippen MR) is 109 cm³/mol. The molecule has 0 bridgehead atoms. The number of nitrogens with zero attached hydrogens (tertiary/aromatic N) is 2. The lowest BCUT2D eigenvalue weighted by Crippen LogP contribution is -2.33. The number of nitrogens with one attached hydrogen (secondary N) is 1. The molecule has 1 heterocycles. The number of amides is 2. The predicted octanol–water partition coefficient (Wildman–Crippen LogP) is 4.29. The first-order valence-corrected chi connectivity index (χ1v) is 9.80. The van der Waals surface area contributed by atoms with Crippen LogP contribution in [0.4, 0.5) is 0 Å². The second-order valence-corrected chi connectivity index (χ2v) is 7.66. The molecule has 0 aliphatic carbocycles. The van der Waals surface area contributed by atoms with E-state index in [4.69, 9.17) is 11.6 Å². The van der Waals surface area contributed by atoms with Crippen molar-refractivity contribution in [1.82, 2.24) is 15.2 Å². The summed E-state index contributed by atoms with van der Waals surface area (Å²) >= 11 is 7.60. The molecule has 140 valence electrons. The van der Waals surface area contributed by atoms with E-state index in [0.717, 1.165) is 15.2 Å². The number of rotatable bonds is 6. The largest absolute Gasteiger partial charge is 0.351 e. The first-order chi connectivity index (χ1) is 13.0. The molecule has 0 fully saturated rings. The van der Waals surface area contributed by atoms with Crippen LogP contribution in [-0.4, -0.2) is 35.3 Å². The van der Waals surface area contributed by atoms with E-state index < -0.39 is 0 Å². The van der Waals surface area contributed by atoms with Crippen molar-refractivity contribution in [2.45, 2.75) is 19.4 Å². The maximum absolute atomic E-state index is 12.5. The third kappa shape index (κ3) is 4.46. The van der Waals surface area contributed by atoms with Crippen molar-refractivity contribution in [2.75, 3.05) is 13.6 Å². The van der Waals surface area contributed by atoms with Gasteiger partial charge in [0.15, 0.2) is 0 Å². The molecule has 27 heavy (non-hydrogen) atoms. The van der Waals surface area contributed by atoms with Crippen LogP contribution >= 0.6 is 22.9 Å². The van der Waals surface area contributed by atoms with Gasteiger partial charge < -0.3 is 10.2 Å². The van der Waals surface area contributed by atoms with Gasteiger partial charge in [-0.05, 0) is 31.2 Å². The number of thiazole rings is 1. The first kappa shape index (κ1) is 19.3. The maximum atomic E-state index is 12.5. The van der Waals surface area contributed by atoms with Gasteiger partial charge in [-0.15, -0.1) is 11.3 Å². The Balaban J connectivity index is 1.55. The van der Waals surface area contributed by atoms with Crippen molar-refractivity contribution < 1.29 is 9.59 Å². The number of carbonyl (C=O) groups is 2. The molecule has 1 atom stereocenters. The van der Waals surface area contributed by atoms with Crippen LogP contribution in [0.5, 0.6) is 0 Å². The molecule has 3 rings (SSSR count). The summed E-state index contributed by atoms with van der Waals surface area (Å²) in [5.41, 5.74) is 1.35. The Kier molecular flexibility index (Phi) is 6.08. The van der Waals surface area contributed by atoms with Crippen LogP contribution < -0.4 is 5.32 Å². The second kappa shape index (κ2) is 8.50. The number of fused-ring (bicyclic) bond motifs is 1. The van der Waals surface area contributed by atoms with Gasteiger partial charge >= 0.3 is 0 Å². The monoisotopic (exact) mass is 401 g/mol. The second-order valence-electron chi connectivity index (χ2n) is 6.19. The molecule has 2 aromatic carbocycles. The molecule has 0 saturated heterocycles. The number of hydrogen-bond donors (Lipinski definition) is 1. The molecule has 0 saturated carbocycles. The van der Waals surface area contributed by atoms with E-state index in [9.17, 15) is 9.59 Å². The number of aromatic nitrogens is 1. The minimum absolute atomic E-state index is 0.0544. The number of hydrogen-bond acceptors (Lipinski definition) is 4. The summed E-state index contributed by atoms with van der Waals surface area (Å²) < 4.78 is 1.10. The van der Waals surface area contributed by atoms with Crippen molar-refractivity contribution in [1.29, 1.82) is 0 Å². The van der Waals surface area contributed by atoms with Gasteiger partial charge in [-0.2, -0.15) is 0 Å². The molecule has 1 aromatic heterocycles. The highest BCUT2D eigenvalue weighted by atomic mass is 35.5. The molecular formula is C20H20ClN3O2S. The molecule has 2 amide bonds. The smallest absolute Gasteiger partial charge is 0.252 e. The first-order valence-electron chi connectivity index (χ1n) is 8.61. The topological polar surface area (TPSA) is 62.3 Å². The average molecular weight is 402 g/mol. The Morgan fingerprint density at radius 3 is 2.63 bits per heavy atom. The van der Waals surface area contributed by atoms with Crippen LogP contribution in [0, 0.1) is 0 Å². The highest BCUT2D eigenvalue weighted by molar-refractivity contribution is 7.18. The standard InChI is InChI=1S/C20H20ClN3O2S/c1-13(20-23-16-9-5-6-10-17(16)27-20)24(2)18(25)11-12-22-19(26)14-7-3-4-8-15(14)21/h3-10,13H,11-12H2,1-2H3,(H,22,26). The lowest BCUT2D eigenvalue weighted by atomic mass is 10.2. The number of halogens is 1. The fourth-order valence-corrected chi connectivity index (χ4v) is 3.93. The lowest BCUT2D eigenvalue weighted by Gasteiger charge is -2.23. The zero-order valence-electron chi connectivity index (χ0n) is 15.1. The SMILES string of the molecule is CC(c1nc2ccccc2s1)N(C)C(=O)CCNC(=O)c1ccccc1Cl. The highest BCUT2D eigenvalue weighted by Gasteiger charge is 2.20. The Morgan fingerprint density at radius 1 is 1.19 bits per heavy atom. The molecule has 0 spiro atoms. The van der Waals surface area contributed by atoms with Crippen molar-refractivity contribution in [3.8, 4) is 0 Å². The van der Waals surface area contributed by atoms with E-state index in [1.54, 1.807) is 47.5 Å². The minimum Gasteiger partial charge on any atom is -0.351 e. The van der Waals surface area contributed by atoms with Crippen LogP contribution in [0.25, 0.3) is 10.2 Å². The van der Waals surface area contributed by atoms with Crippen LogP contribution in [0.15, 0.2) is 48.5 Å². The Morgan fingerprint density at radius 2 is 1.89 bits per heavy atom. The van der Waals surface area contributed by atoms with Gasteiger partial charge in [-0.25, -0.2) is 4.98 Å². The van der Waals surface area contributed by atoms with Gasteiger partial charge in [0.25, 0.3) is 5.91 Å². The number of para-hydroxylation sites is 1. The zero-order chi connectivity index (χ0) is 19.4. The summed E-state index contributed by atoms with van der Waals surface area (Å²) in [5, 5.41) is 4.03. The van der Waals surface area contributed by atoms with Crippen molar-refractivity contribution in [3.63, 3.8) is 0 Å². The molecule has 0 aliphatic rings. The molecule has 0 aliphatic heterocycles. The van der Waals surface area contributed by atoms with Crippen molar-refractivity contribution >= 4 is 45.0 Å². The minimum atomic E-state index is -0.282. The van der Waals surface area contributed by atoms with E-state index in [0.29, 0.717) is 10.6 Å². The Labute approximate surface area is 167 Å². The van der Waals surface area contributed by atoms with E-state index in [-0.39, 0.29) is 30.8 Å². The van der Waals surface area contributed by atoms with E-state index in [2.05, 4.69) is 10.3 Å². The van der Waals surface area contributed by atoms with Gasteiger partial charge in [0, 0.05) is 20.0 Å². The fourth-order valence-electron chi connectivity index (χ4n) is 2.65. The zero-order valence-corrected chi connectivity index (χ0v) is 16.7. The highest BCUT2D eigenvalue weighted by Crippen LogP contribution is 2.29. The van der Waals surface area contributed by atoms with Gasteiger partial charge in [-0.1, -0.05) is 35.9 Å². The summed E-state index contributed by atoms with van der Waals surface area (Å²) in [6, 6.07) is 14.6.